The Bertz CT molecular complexity index is 249. The van der Waals surface area contributed by atoms with Crippen molar-refractivity contribution in [2.24, 2.45) is 28.9 Å². The van der Waals surface area contributed by atoms with Gasteiger partial charge in [-0.3, -0.25) is 4.79 Å². The van der Waals surface area contributed by atoms with Crippen molar-refractivity contribution in [3.63, 3.8) is 0 Å². The van der Waals surface area contributed by atoms with E-state index >= 15 is 0 Å². The van der Waals surface area contributed by atoms with Crippen molar-refractivity contribution >= 4 is 5.97 Å². The van der Waals surface area contributed by atoms with Gasteiger partial charge in [0.25, 0.3) is 0 Å². The van der Waals surface area contributed by atoms with Gasteiger partial charge in [0, 0.05) is 6.04 Å². The Labute approximate surface area is 78.3 Å². The van der Waals surface area contributed by atoms with Crippen LogP contribution >= 0.6 is 0 Å². The highest BCUT2D eigenvalue weighted by molar-refractivity contribution is 5.71. The third-order valence-electron chi connectivity index (χ3n) is 4.33. The lowest BCUT2D eigenvalue weighted by molar-refractivity contribution is -0.159. The molecule has 3 aliphatic rings. The number of carboxylic acids is 1. The second-order valence-electron chi connectivity index (χ2n) is 5.12. The lowest BCUT2D eigenvalue weighted by Gasteiger charge is -2.60. The molecule has 0 aromatic heterocycles. The highest BCUT2D eigenvalue weighted by atomic mass is 16.4. The maximum atomic E-state index is 10.9. The molecule has 0 spiro atoms. The van der Waals surface area contributed by atoms with Crippen molar-refractivity contribution in [2.45, 2.75) is 32.7 Å². The molecule has 0 radical (unpaired) electrons. The number of rotatable bonds is 1. The van der Waals surface area contributed by atoms with Crippen LogP contribution in [0.1, 0.15) is 26.7 Å². The van der Waals surface area contributed by atoms with Crippen molar-refractivity contribution in [1.82, 2.24) is 0 Å². The number of hydrogen-bond acceptors (Lipinski definition) is 2. The lowest BCUT2D eigenvalue weighted by atomic mass is 9.45. The van der Waals surface area contributed by atoms with Crippen LogP contribution in [0.25, 0.3) is 0 Å². The molecule has 0 aliphatic heterocycles. The SMILES string of the molecule is CC1(C)[C@H]2C[C@H](C(=O)O)[C@@H](N)[C@H]1C2. The predicted octanol–water partition coefficient (Wildman–Crippen LogP) is 1.08. The van der Waals surface area contributed by atoms with E-state index in [9.17, 15) is 4.79 Å². The summed E-state index contributed by atoms with van der Waals surface area (Å²) in [4.78, 5) is 10.9. The fourth-order valence-electron chi connectivity index (χ4n) is 3.12. The molecular weight excluding hydrogens is 166 g/mol. The van der Waals surface area contributed by atoms with Crippen LogP contribution < -0.4 is 5.73 Å². The van der Waals surface area contributed by atoms with Gasteiger partial charge in [0.05, 0.1) is 5.92 Å². The molecule has 0 aromatic rings. The van der Waals surface area contributed by atoms with Crippen molar-refractivity contribution in [2.75, 3.05) is 0 Å². The largest absolute Gasteiger partial charge is 0.481 e. The summed E-state index contributed by atoms with van der Waals surface area (Å²) >= 11 is 0. The molecular formula is C10H17NO2. The minimum atomic E-state index is -0.710. The molecule has 0 aromatic carbocycles. The summed E-state index contributed by atoms with van der Waals surface area (Å²) in [5.41, 5.74) is 6.24. The number of aliphatic carboxylic acids is 1. The first-order valence-corrected chi connectivity index (χ1v) is 4.93. The Morgan fingerprint density at radius 2 is 2.08 bits per heavy atom. The first kappa shape index (κ1) is 9.00. The Morgan fingerprint density at radius 1 is 1.46 bits per heavy atom. The van der Waals surface area contributed by atoms with Crippen molar-refractivity contribution in [1.29, 1.82) is 0 Å². The van der Waals surface area contributed by atoms with Crippen molar-refractivity contribution < 1.29 is 9.90 Å². The van der Waals surface area contributed by atoms with Gasteiger partial charge in [0.2, 0.25) is 0 Å². The molecule has 3 aliphatic carbocycles. The van der Waals surface area contributed by atoms with Gasteiger partial charge in [0.1, 0.15) is 0 Å². The van der Waals surface area contributed by atoms with E-state index in [1.54, 1.807) is 0 Å². The Hall–Kier alpha value is -0.570. The third kappa shape index (κ3) is 1.03. The van der Waals surface area contributed by atoms with Gasteiger partial charge >= 0.3 is 5.97 Å². The number of nitrogens with two attached hydrogens (primary N) is 1. The summed E-state index contributed by atoms with van der Waals surface area (Å²) in [6.45, 7) is 4.42. The standard InChI is InChI=1S/C10H17NO2/c1-10(2)5-3-6(9(12)13)8(11)7(10)4-5/h5-8H,3-4,11H2,1-2H3,(H,12,13)/t5-,6-,7+,8+/m0/s1. The van der Waals surface area contributed by atoms with E-state index in [4.69, 9.17) is 10.8 Å². The molecule has 3 fully saturated rings. The summed E-state index contributed by atoms with van der Waals surface area (Å²) in [6.07, 6.45) is 1.91. The number of carbonyl (C=O) groups is 1. The zero-order valence-corrected chi connectivity index (χ0v) is 8.16. The van der Waals surface area contributed by atoms with Gasteiger partial charge in [-0.05, 0) is 30.1 Å². The summed E-state index contributed by atoms with van der Waals surface area (Å²) in [7, 11) is 0. The predicted molar refractivity (Wildman–Crippen MR) is 49.1 cm³/mol. The molecule has 0 unspecified atom stereocenters. The van der Waals surface area contributed by atoms with Gasteiger partial charge in [-0.1, -0.05) is 13.8 Å². The number of carboxylic acid groups (broad SMARTS) is 1. The van der Waals surface area contributed by atoms with Crippen molar-refractivity contribution in [3.8, 4) is 0 Å². The molecule has 3 rings (SSSR count). The second kappa shape index (κ2) is 2.47. The fourth-order valence-corrected chi connectivity index (χ4v) is 3.12. The first-order chi connectivity index (χ1) is 5.94. The summed E-state index contributed by atoms with van der Waals surface area (Å²) in [5, 5.41) is 8.94. The minimum absolute atomic E-state index is 0.127. The number of hydrogen-bond donors (Lipinski definition) is 2. The molecule has 3 nitrogen and oxygen atoms in total. The van der Waals surface area contributed by atoms with Crippen LogP contribution in [-0.2, 0) is 4.79 Å². The Kier molecular flexibility index (Phi) is 1.71. The van der Waals surface area contributed by atoms with Gasteiger partial charge in [-0.25, -0.2) is 0 Å². The number of fused-ring (bicyclic) bond motifs is 2. The molecule has 3 N–H and O–H groups in total. The van der Waals surface area contributed by atoms with Gasteiger partial charge in [-0.2, -0.15) is 0 Å². The van der Waals surface area contributed by atoms with E-state index in [0.29, 0.717) is 11.8 Å². The van der Waals surface area contributed by atoms with Crippen LogP contribution in [0.5, 0.6) is 0 Å². The molecule has 3 heteroatoms. The van der Waals surface area contributed by atoms with Gasteiger partial charge in [-0.15, -0.1) is 0 Å². The highest BCUT2D eigenvalue weighted by Crippen LogP contribution is 2.60. The molecule has 4 atom stereocenters. The van der Waals surface area contributed by atoms with Crippen LogP contribution in [0.2, 0.25) is 0 Å². The van der Waals surface area contributed by atoms with E-state index in [-0.39, 0.29) is 17.4 Å². The average Bonchev–Trinajstić information content (AvgIpc) is 2.02. The fraction of sp³-hybridized carbons (Fsp3) is 0.900. The lowest BCUT2D eigenvalue weighted by Crippen LogP contribution is -2.62. The topological polar surface area (TPSA) is 63.3 Å². The maximum absolute atomic E-state index is 10.9. The summed E-state index contributed by atoms with van der Waals surface area (Å²) in [6, 6.07) is -0.127. The second-order valence-corrected chi connectivity index (χ2v) is 5.12. The Balaban J connectivity index is 2.16. The normalized spacial score (nSPS) is 46.7. The summed E-state index contributed by atoms with van der Waals surface area (Å²) in [5.74, 6) is 0.000208. The molecule has 0 saturated heterocycles. The minimum Gasteiger partial charge on any atom is -0.481 e. The van der Waals surface area contributed by atoms with Crippen LogP contribution in [0.4, 0.5) is 0 Å². The van der Waals surface area contributed by atoms with Crippen molar-refractivity contribution in [3.05, 3.63) is 0 Å². The van der Waals surface area contributed by atoms with E-state index in [2.05, 4.69) is 13.8 Å². The highest BCUT2D eigenvalue weighted by Gasteiger charge is 2.58. The third-order valence-corrected chi connectivity index (χ3v) is 4.33. The van der Waals surface area contributed by atoms with Crippen LogP contribution in [0.3, 0.4) is 0 Å². The van der Waals surface area contributed by atoms with Crippen LogP contribution in [0.15, 0.2) is 0 Å². The van der Waals surface area contributed by atoms with E-state index in [1.165, 1.54) is 0 Å². The van der Waals surface area contributed by atoms with Gasteiger partial charge < -0.3 is 10.8 Å². The average molecular weight is 183 g/mol. The first-order valence-electron chi connectivity index (χ1n) is 4.93. The molecule has 0 heterocycles. The Morgan fingerprint density at radius 3 is 2.46 bits per heavy atom. The zero-order valence-electron chi connectivity index (χ0n) is 8.16. The van der Waals surface area contributed by atoms with E-state index in [1.807, 2.05) is 0 Å². The zero-order chi connectivity index (χ0) is 9.80. The van der Waals surface area contributed by atoms with E-state index in [0.717, 1.165) is 12.8 Å². The molecule has 2 bridgehead atoms. The summed E-state index contributed by atoms with van der Waals surface area (Å²) < 4.78 is 0. The molecule has 0 amide bonds. The van der Waals surface area contributed by atoms with Crippen LogP contribution in [-0.4, -0.2) is 17.1 Å². The smallest absolute Gasteiger partial charge is 0.308 e. The van der Waals surface area contributed by atoms with E-state index < -0.39 is 5.97 Å². The molecule has 74 valence electrons. The molecule has 13 heavy (non-hydrogen) atoms. The maximum Gasteiger partial charge on any atom is 0.308 e. The van der Waals surface area contributed by atoms with Gasteiger partial charge in [0.15, 0.2) is 0 Å². The quantitative estimate of drug-likeness (QED) is 0.639. The van der Waals surface area contributed by atoms with Crippen LogP contribution in [0, 0.1) is 23.2 Å². The monoisotopic (exact) mass is 183 g/mol. The molecule has 3 saturated carbocycles.